The predicted molar refractivity (Wildman–Crippen MR) is 77.5 cm³/mol. The van der Waals surface area contributed by atoms with E-state index < -0.39 is 11.6 Å². The molecule has 2 aromatic carbocycles. The monoisotopic (exact) mass is 293 g/mol. The maximum Gasteiger partial charge on any atom is 0.131 e. The Morgan fingerprint density at radius 3 is 2.43 bits per heavy atom. The highest BCUT2D eigenvalue weighted by Gasteiger charge is 2.03. The van der Waals surface area contributed by atoms with Crippen LogP contribution < -0.4 is 10.1 Å². The van der Waals surface area contributed by atoms with Crippen LogP contribution in [0.3, 0.4) is 0 Å². The quantitative estimate of drug-likeness (QED) is 0.791. The lowest BCUT2D eigenvalue weighted by Crippen LogP contribution is -2.04. The lowest BCUT2D eigenvalue weighted by molar-refractivity contribution is 0.146. The summed E-state index contributed by atoms with van der Waals surface area (Å²) in [6.45, 7) is 1.31. The van der Waals surface area contributed by atoms with Gasteiger partial charge in [0.1, 0.15) is 24.0 Å². The molecule has 0 heterocycles. The van der Waals surface area contributed by atoms with E-state index in [4.69, 9.17) is 9.47 Å². The van der Waals surface area contributed by atoms with Gasteiger partial charge in [0.05, 0.1) is 6.61 Å². The number of hydrogen-bond acceptors (Lipinski definition) is 3. The van der Waals surface area contributed by atoms with Gasteiger partial charge in [0.25, 0.3) is 0 Å². The standard InChI is InChI=1S/C16H17F2NO2/c1-20-8-9-21-15-6-4-14(5-7-15)19-11-12-2-3-13(17)10-16(12)18/h2-7,10,19H,8-9,11H2,1H3. The third kappa shape index (κ3) is 4.72. The number of halogens is 2. The summed E-state index contributed by atoms with van der Waals surface area (Å²) in [5, 5.41) is 3.07. The smallest absolute Gasteiger partial charge is 0.131 e. The first-order chi connectivity index (χ1) is 10.2. The fourth-order valence-corrected chi connectivity index (χ4v) is 1.77. The van der Waals surface area contributed by atoms with E-state index in [1.807, 2.05) is 24.3 Å². The van der Waals surface area contributed by atoms with Crippen LogP contribution in [0.15, 0.2) is 42.5 Å². The summed E-state index contributed by atoms with van der Waals surface area (Å²) in [5.74, 6) is -0.388. The van der Waals surface area contributed by atoms with E-state index in [2.05, 4.69) is 5.32 Å². The lowest BCUT2D eigenvalue weighted by atomic mass is 10.2. The second kappa shape index (κ2) is 7.59. The third-order valence-electron chi connectivity index (χ3n) is 2.91. The van der Waals surface area contributed by atoms with Gasteiger partial charge < -0.3 is 14.8 Å². The fraction of sp³-hybridized carbons (Fsp3) is 0.250. The number of anilines is 1. The fourth-order valence-electron chi connectivity index (χ4n) is 1.77. The summed E-state index contributed by atoms with van der Waals surface area (Å²) in [5.41, 5.74) is 1.25. The number of benzene rings is 2. The van der Waals surface area contributed by atoms with Crippen molar-refractivity contribution in [2.24, 2.45) is 0 Å². The Labute approximate surface area is 122 Å². The van der Waals surface area contributed by atoms with Crippen LogP contribution in [-0.4, -0.2) is 20.3 Å². The number of nitrogens with one attached hydrogen (secondary N) is 1. The zero-order valence-corrected chi connectivity index (χ0v) is 11.7. The zero-order valence-electron chi connectivity index (χ0n) is 11.7. The third-order valence-corrected chi connectivity index (χ3v) is 2.91. The van der Waals surface area contributed by atoms with Gasteiger partial charge in [0.15, 0.2) is 0 Å². The van der Waals surface area contributed by atoms with Crippen LogP contribution in [0.4, 0.5) is 14.5 Å². The first-order valence-corrected chi connectivity index (χ1v) is 6.58. The molecule has 0 aliphatic carbocycles. The minimum Gasteiger partial charge on any atom is -0.491 e. The summed E-state index contributed by atoms with van der Waals surface area (Å²) in [6, 6.07) is 10.9. The molecule has 0 saturated carbocycles. The van der Waals surface area contributed by atoms with Gasteiger partial charge in [-0.2, -0.15) is 0 Å². The molecule has 5 heteroatoms. The molecule has 0 radical (unpaired) electrons. The second-order valence-corrected chi connectivity index (χ2v) is 4.45. The van der Waals surface area contributed by atoms with Gasteiger partial charge in [0, 0.05) is 31.0 Å². The summed E-state index contributed by atoms with van der Waals surface area (Å²) in [6.07, 6.45) is 0. The average Bonchev–Trinajstić information content (AvgIpc) is 2.48. The van der Waals surface area contributed by atoms with E-state index in [1.165, 1.54) is 12.1 Å². The molecular weight excluding hydrogens is 276 g/mol. The van der Waals surface area contributed by atoms with Crippen LogP contribution >= 0.6 is 0 Å². The van der Waals surface area contributed by atoms with Crippen molar-refractivity contribution in [2.45, 2.75) is 6.54 Å². The van der Waals surface area contributed by atoms with Crippen molar-refractivity contribution in [1.29, 1.82) is 0 Å². The van der Waals surface area contributed by atoms with Crippen molar-refractivity contribution in [3.05, 3.63) is 59.7 Å². The SMILES string of the molecule is COCCOc1ccc(NCc2ccc(F)cc2F)cc1. The minimum atomic E-state index is -0.575. The highest BCUT2D eigenvalue weighted by molar-refractivity contribution is 5.46. The highest BCUT2D eigenvalue weighted by atomic mass is 19.1. The molecule has 112 valence electrons. The van der Waals surface area contributed by atoms with E-state index in [-0.39, 0.29) is 6.54 Å². The molecule has 2 rings (SSSR count). The number of ether oxygens (including phenoxy) is 2. The van der Waals surface area contributed by atoms with Gasteiger partial charge in [-0.3, -0.25) is 0 Å². The van der Waals surface area contributed by atoms with Crippen molar-refractivity contribution in [2.75, 3.05) is 25.6 Å². The van der Waals surface area contributed by atoms with Crippen LogP contribution in [0.2, 0.25) is 0 Å². The molecule has 0 aromatic heterocycles. The molecule has 0 fully saturated rings. The zero-order chi connectivity index (χ0) is 15.1. The molecule has 2 aromatic rings. The number of rotatable bonds is 7. The molecule has 0 saturated heterocycles. The second-order valence-electron chi connectivity index (χ2n) is 4.45. The van der Waals surface area contributed by atoms with Gasteiger partial charge in [-0.25, -0.2) is 8.78 Å². The Morgan fingerprint density at radius 2 is 1.76 bits per heavy atom. The van der Waals surface area contributed by atoms with Crippen molar-refractivity contribution in [1.82, 2.24) is 0 Å². The summed E-state index contributed by atoms with van der Waals surface area (Å²) < 4.78 is 36.6. The molecule has 3 nitrogen and oxygen atoms in total. The lowest BCUT2D eigenvalue weighted by Gasteiger charge is -2.09. The van der Waals surface area contributed by atoms with Crippen LogP contribution in [0, 0.1) is 11.6 Å². The topological polar surface area (TPSA) is 30.5 Å². The Bertz CT molecular complexity index is 573. The Morgan fingerprint density at radius 1 is 1.00 bits per heavy atom. The van der Waals surface area contributed by atoms with Gasteiger partial charge in [0.2, 0.25) is 0 Å². The van der Waals surface area contributed by atoms with Gasteiger partial charge in [-0.05, 0) is 30.3 Å². The summed E-state index contributed by atoms with van der Waals surface area (Å²) >= 11 is 0. The van der Waals surface area contributed by atoms with Crippen molar-refractivity contribution in [3.63, 3.8) is 0 Å². The van der Waals surface area contributed by atoms with E-state index in [0.29, 0.717) is 18.8 Å². The van der Waals surface area contributed by atoms with Crippen molar-refractivity contribution < 1.29 is 18.3 Å². The minimum absolute atomic E-state index is 0.288. The van der Waals surface area contributed by atoms with Crippen LogP contribution in [0.25, 0.3) is 0 Å². The molecule has 0 aliphatic rings. The maximum atomic E-state index is 13.5. The molecule has 0 atom stereocenters. The van der Waals surface area contributed by atoms with E-state index in [1.54, 1.807) is 7.11 Å². The summed E-state index contributed by atoms with van der Waals surface area (Å²) in [7, 11) is 1.62. The first kappa shape index (κ1) is 15.3. The normalized spacial score (nSPS) is 10.4. The maximum absolute atomic E-state index is 13.5. The molecule has 0 aliphatic heterocycles. The van der Waals surface area contributed by atoms with Gasteiger partial charge in [-0.15, -0.1) is 0 Å². The Kier molecular flexibility index (Phi) is 5.51. The van der Waals surface area contributed by atoms with E-state index in [9.17, 15) is 8.78 Å². The molecular formula is C16H17F2NO2. The predicted octanol–water partition coefficient (Wildman–Crippen LogP) is 3.60. The molecule has 0 unspecified atom stereocenters. The molecule has 0 bridgehead atoms. The van der Waals surface area contributed by atoms with Crippen molar-refractivity contribution >= 4 is 5.69 Å². The van der Waals surface area contributed by atoms with Gasteiger partial charge >= 0.3 is 0 Å². The first-order valence-electron chi connectivity index (χ1n) is 6.58. The van der Waals surface area contributed by atoms with Crippen LogP contribution in [0.1, 0.15) is 5.56 Å². The molecule has 0 amide bonds. The van der Waals surface area contributed by atoms with Crippen LogP contribution in [0.5, 0.6) is 5.75 Å². The molecule has 0 spiro atoms. The number of hydrogen-bond donors (Lipinski definition) is 1. The highest BCUT2D eigenvalue weighted by Crippen LogP contribution is 2.17. The largest absolute Gasteiger partial charge is 0.491 e. The average molecular weight is 293 g/mol. The van der Waals surface area contributed by atoms with Gasteiger partial charge in [-0.1, -0.05) is 6.07 Å². The van der Waals surface area contributed by atoms with E-state index in [0.717, 1.165) is 17.5 Å². The number of methoxy groups -OCH3 is 1. The Balaban J connectivity index is 1.88. The van der Waals surface area contributed by atoms with E-state index >= 15 is 0 Å². The Hall–Kier alpha value is -2.14. The molecule has 1 N–H and O–H groups in total. The molecule has 21 heavy (non-hydrogen) atoms. The van der Waals surface area contributed by atoms with Crippen molar-refractivity contribution in [3.8, 4) is 5.75 Å². The van der Waals surface area contributed by atoms with Crippen LogP contribution in [-0.2, 0) is 11.3 Å². The summed E-state index contributed by atoms with van der Waals surface area (Å²) in [4.78, 5) is 0.